The van der Waals surface area contributed by atoms with Gasteiger partial charge in [0.05, 0.1) is 6.61 Å². The highest BCUT2D eigenvalue weighted by Crippen LogP contribution is 2.28. The number of hydrogen-bond donors (Lipinski definition) is 0. The molecule has 0 saturated carbocycles. The molecule has 18 heavy (non-hydrogen) atoms. The SMILES string of the molecule is CCCCC(CCCC)=C1C=CC=CC1COC. The van der Waals surface area contributed by atoms with Crippen molar-refractivity contribution in [1.29, 1.82) is 0 Å². The van der Waals surface area contributed by atoms with Crippen LogP contribution >= 0.6 is 0 Å². The molecule has 0 aromatic heterocycles. The second-order valence-electron chi connectivity index (χ2n) is 5.07. The summed E-state index contributed by atoms with van der Waals surface area (Å²) < 4.78 is 5.35. The maximum absolute atomic E-state index is 5.35. The standard InChI is InChI=1S/C17H28O/c1-4-6-10-15(11-7-5-2)17-13-9-8-12-16(17)14-18-3/h8-9,12-13,16H,4-7,10-11,14H2,1-3H3. The molecule has 1 heteroatoms. The molecule has 0 aliphatic heterocycles. The molecule has 1 rings (SSSR count). The van der Waals surface area contributed by atoms with E-state index in [1.54, 1.807) is 12.7 Å². The van der Waals surface area contributed by atoms with Crippen LogP contribution in [0.3, 0.4) is 0 Å². The monoisotopic (exact) mass is 248 g/mol. The second kappa shape index (κ2) is 9.16. The van der Waals surface area contributed by atoms with Crippen LogP contribution in [0.4, 0.5) is 0 Å². The fourth-order valence-corrected chi connectivity index (χ4v) is 2.48. The number of unbranched alkanes of at least 4 members (excludes halogenated alkanes) is 2. The summed E-state index contributed by atoms with van der Waals surface area (Å²) in [6.45, 7) is 5.34. The molecule has 0 bridgehead atoms. The molecule has 1 nitrogen and oxygen atoms in total. The summed E-state index contributed by atoms with van der Waals surface area (Å²) in [5, 5.41) is 0. The zero-order chi connectivity index (χ0) is 13.2. The average molecular weight is 248 g/mol. The molecule has 0 heterocycles. The fourth-order valence-electron chi connectivity index (χ4n) is 2.48. The zero-order valence-electron chi connectivity index (χ0n) is 12.2. The summed E-state index contributed by atoms with van der Waals surface area (Å²) in [4.78, 5) is 0. The Morgan fingerprint density at radius 3 is 2.33 bits per heavy atom. The third-order valence-electron chi connectivity index (χ3n) is 3.55. The summed E-state index contributed by atoms with van der Waals surface area (Å²) in [5.74, 6) is 0.462. The molecule has 102 valence electrons. The fraction of sp³-hybridized carbons (Fsp3) is 0.647. The van der Waals surface area contributed by atoms with Crippen LogP contribution in [0.5, 0.6) is 0 Å². The van der Waals surface area contributed by atoms with Crippen molar-refractivity contribution in [3.63, 3.8) is 0 Å². The summed E-state index contributed by atoms with van der Waals surface area (Å²) in [6.07, 6.45) is 16.5. The highest BCUT2D eigenvalue weighted by Gasteiger charge is 2.15. The van der Waals surface area contributed by atoms with Gasteiger partial charge in [0.15, 0.2) is 0 Å². The van der Waals surface area contributed by atoms with Gasteiger partial charge in [0.2, 0.25) is 0 Å². The first-order valence-corrected chi connectivity index (χ1v) is 7.39. The lowest BCUT2D eigenvalue weighted by Crippen LogP contribution is -2.11. The maximum Gasteiger partial charge on any atom is 0.0565 e. The predicted molar refractivity (Wildman–Crippen MR) is 79.7 cm³/mol. The lowest BCUT2D eigenvalue weighted by molar-refractivity contribution is 0.181. The van der Waals surface area contributed by atoms with Gasteiger partial charge in [-0.3, -0.25) is 0 Å². The first-order valence-electron chi connectivity index (χ1n) is 7.39. The molecule has 0 radical (unpaired) electrons. The minimum Gasteiger partial charge on any atom is -0.384 e. The van der Waals surface area contributed by atoms with Gasteiger partial charge in [-0.2, -0.15) is 0 Å². The molecule has 0 amide bonds. The van der Waals surface area contributed by atoms with Crippen LogP contribution in [-0.4, -0.2) is 13.7 Å². The molecule has 0 saturated heterocycles. The Kier molecular flexibility index (Phi) is 7.75. The Morgan fingerprint density at radius 2 is 1.78 bits per heavy atom. The Bertz CT molecular complexity index is 300. The van der Waals surface area contributed by atoms with Crippen molar-refractivity contribution in [1.82, 2.24) is 0 Å². The molecule has 0 aromatic carbocycles. The van der Waals surface area contributed by atoms with E-state index in [-0.39, 0.29) is 0 Å². The van der Waals surface area contributed by atoms with Crippen LogP contribution in [0, 0.1) is 5.92 Å². The Hall–Kier alpha value is -0.820. The molecular formula is C17H28O. The van der Waals surface area contributed by atoms with Crippen molar-refractivity contribution in [2.45, 2.75) is 52.4 Å². The van der Waals surface area contributed by atoms with Gasteiger partial charge in [-0.1, -0.05) is 56.6 Å². The van der Waals surface area contributed by atoms with Gasteiger partial charge in [0, 0.05) is 13.0 Å². The first-order chi connectivity index (χ1) is 8.83. The predicted octanol–water partition coefficient (Wildman–Crippen LogP) is 5.05. The summed E-state index contributed by atoms with van der Waals surface area (Å²) in [5.41, 5.74) is 3.17. The third kappa shape index (κ3) is 4.81. The van der Waals surface area contributed by atoms with E-state index < -0.39 is 0 Å². The van der Waals surface area contributed by atoms with Crippen molar-refractivity contribution in [3.8, 4) is 0 Å². The Morgan fingerprint density at radius 1 is 1.11 bits per heavy atom. The quantitative estimate of drug-likeness (QED) is 0.584. The smallest absolute Gasteiger partial charge is 0.0565 e. The van der Waals surface area contributed by atoms with Crippen molar-refractivity contribution >= 4 is 0 Å². The van der Waals surface area contributed by atoms with Gasteiger partial charge in [0.1, 0.15) is 0 Å². The normalized spacial score (nSPS) is 18.4. The molecule has 0 spiro atoms. The molecule has 1 unspecified atom stereocenters. The van der Waals surface area contributed by atoms with Gasteiger partial charge >= 0.3 is 0 Å². The first kappa shape index (κ1) is 15.2. The minimum atomic E-state index is 0.462. The van der Waals surface area contributed by atoms with Gasteiger partial charge in [-0.15, -0.1) is 0 Å². The Balaban J connectivity index is 2.83. The average Bonchev–Trinajstić information content (AvgIpc) is 2.40. The molecule has 1 aliphatic carbocycles. The van der Waals surface area contributed by atoms with Gasteiger partial charge in [0.25, 0.3) is 0 Å². The number of allylic oxidation sites excluding steroid dienone is 4. The summed E-state index contributed by atoms with van der Waals surface area (Å²) in [7, 11) is 1.79. The number of ether oxygens (including phenoxy) is 1. The topological polar surface area (TPSA) is 9.23 Å². The van der Waals surface area contributed by atoms with Crippen LogP contribution in [0.1, 0.15) is 52.4 Å². The number of rotatable bonds is 8. The van der Waals surface area contributed by atoms with Gasteiger partial charge < -0.3 is 4.74 Å². The molecule has 0 aromatic rings. The van der Waals surface area contributed by atoms with Crippen LogP contribution in [0.25, 0.3) is 0 Å². The number of methoxy groups -OCH3 is 1. The van der Waals surface area contributed by atoms with Crippen LogP contribution in [0.15, 0.2) is 35.5 Å². The van der Waals surface area contributed by atoms with Crippen molar-refractivity contribution < 1.29 is 4.74 Å². The summed E-state index contributed by atoms with van der Waals surface area (Å²) in [6, 6.07) is 0. The number of hydrogen-bond acceptors (Lipinski definition) is 1. The summed E-state index contributed by atoms with van der Waals surface area (Å²) >= 11 is 0. The highest BCUT2D eigenvalue weighted by molar-refractivity contribution is 5.37. The van der Waals surface area contributed by atoms with E-state index in [1.165, 1.54) is 44.1 Å². The largest absolute Gasteiger partial charge is 0.384 e. The van der Waals surface area contributed by atoms with Crippen molar-refractivity contribution in [3.05, 3.63) is 35.5 Å². The lowest BCUT2D eigenvalue weighted by atomic mass is 9.87. The lowest BCUT2D eigenvalue weighted by Gasteiger charge is -2.21. The van der Waals surface area contributed by atoms with E-state index in [9.17, 15) is 0 Å². The van der Waals surface area contributed by atoms with E-state index in [0.717, 1.165) is 6.61 Å². The van der Waals surface area contributed by atoms with E-state index in [0.29, 0.717) is 5.92 Å². The van der Waals surface area contributed by atoms with E-state index in [1.807, 2.05) is 0 Å². The third-order valence-corrected chi connectivity index (χ3v) is 3.55. The van der Waals surface area contributed by atoms with Crippen LogP contribution in [0.2, 0.25) is 0 Å². The molecule has 0 fully saturated rings. The van der Waals surface area contributed by atoms with E-state index >= 15 is 0 Å². The van der Waals surface area contributed by atoms with E-state index in [4.69, 9.17) is 4.74 Å². The van der Waals surface area contributed by atoms with Gasteiger partial charge in [-0.05, 0) is 31.3 Å². The van der Waals surface area contributed by atoms with Crippen molar-refractivity contribution in [2.24, 2.45) is 5.92 Å². The second-order valence-corrected chi connectivity index (χ2v) is 5.07. The zero-order valence-corrected chi connectivity index (χ0v) is 12.2. The van der Waals surface area contributed by atoms with Crippen LogP contribution < -0.4 is 0 Å². The highest BCUT2D eigenvalue weighted by atomic mass is 16.5. The van der Waals surface area contributed by atoms with Crippen molar-refractivity contribution in [2.75, 3.05) is 13.7 Å². The van der Waals surface area contributed by atoms with E-state index in [2.05, 4.69) is 38.2 Å². The molecule has 1 aliphatic rings. The maximum atomic E-state index is 5.35. The molecule has 0 N–H and O–H groups in total. The molecular weight excluding hydrogens is 220 g/mol. The Labute approximate surface area is 113 Å². The molecule has 1 atom stereocenters. The van der Waals surface area contributed by atoms with Crippen LogP contribution in [-0.2, 0) is 4.74 Å². The minimum absolute atomic E-state index is 0.462. The van der Waals surface area contributed by atoms with Gasteiger partial charge in [-0.25, -0.2) is 0 Å².